The lowest BCUT2D eigenvalue weighted by molar-refractivity contribution is -0.142. The highest BCUT2D eigenvalue weighted by atomic mass is 16.5. The van der Waals surface area contributed by atoms with Crippen LogP contribution in [0.4, 0.5) is 0 Å². The zero-order valence-corrected chi connectivity index (χ0v) is 11.6. The monoisotopic (exact) mass is 284 g/mol. The van der Waals surface area contributed by atoms with Gasteiger partial charge >= 0.3 is 5.97 Å². The van der Waals surface area contributed by atoms with Crippen molar-refractivity contribution in [2.45, 2.75) is 24.9 Å². The van der Waals surface area contributed by atoms with Gasteiger partial charge in [-0.15, -0.1) is 0 Å². The molecule has 2 atom stereocenters. The lowest BCUT2D eigenvalue weighted by Crippen LogP contribution is -2.44. The number of carboxylic acids is 1. The van der Waals surface area contributed by atoms with Gasteiger partial charge in [-0.1, -0.05) is 0 Å². The molecule has 1 heterocycles. The van der Waals surface area contributed by atoms with Crippen LogP contribution in [0.5, 0.6) is 0 Å². The number of carboxylic acid groups (broad SMARTS) is 1. The number of ether oxygens (including phenoxy) is 1. The van der Waals surface area contributed by atoms with Gasteiger partial charge in [0, 0.05) is 32.5 Å². The van der Waals surface area contributed by atoms with Crippen LogP contribution in [0.2, 0.25) is 0 Å². The van der Waals surface area contributed by atoms with Gasteiger partial charge in [0.1, 0.15) is 0 Å². The molecule has 1 amide bonds. The molecule has 0 saturated carbocycles. The fourth-order valence-corrected chi connectivity index (χ4v) is 1.70. The molecule has 1 aromatic rings. The molecular formula is C12H20N4O4. The van der Waals surface area contributed by atoms with Gasteiger partial charge in [0.25, 0.3) is 0 Å². The zero-order valence-electron chi connectivity index (χ0n) is 11.6. The molecule has 0 radical (unpaired) electrons. The SMILES string of the molecule is COCCCC(N)C(=O)NC(C(=O)O)c1cnn(C)c1. The lowest BCUT2D eigenvalue weighted by atomic mass is 10.1. The van der Waals surface area contributed by atoms with Crippen LogP contribution in [-0.4, -0.2) is 46.5 Å². The van der Waals surface area contributed by atoms with Crippen LogP contribution in [0.15, 0.2) is 12.4 Å². The van der Waals surface area contributed by atoms with E-state index in [4.69, 9.17) is 15.6 Å². The number of nitrogens with zero attached hydrogens (tertiary/aromatic N) is 2. The van der Waals surface area contributed by atoms with Crippen molar-refractivity contribution in [2.75, 3.05) is 13.7 Å². The van der Waals surface area contributed by atoms with Gasteiger partial charge in [-0.05, 0) is 12.8 Å². The second-order valence-electron chi connectivity index (χ2n) is 4.47. The van der Waals surface area contributed by atoms with Gasteiger partial charge in [-0.3, -0.25) is 9.48 Å². The number of carbonyl (C=O) groups is 2. The van der Waals surface area contributed by atoms with Crippen LogP contribution in [0.25, 0.3) is 0 Å². The van der Waals surface area contributed by atoms with Crippen molar-refractivity contribution in [3.05, 3.63) is 18.0 Å². The van der Waals surface area contributed by atoms with Crippen LogP contribution in [0, 0.1) is 0 Å². The van der Waals surface area contributed by atoms with Gasteiger partial charge in [-0.25, -0.2) is 4.79 Å². The smallest absolute Gasteiger partial charge is 0.331 e. The summed E-state index contributed by atoms with van der Waals surface area (Å²) in [6.07, 6.45) is 4.00. The largest absolute Gasteiger partial charge is 0.479 e. The Morgan fingerprint density at radius 1 is 1.60 bits per heavy atom. The van der Waals surface area contributed by atoms with Crippen molar-refractivity contribution in [2.24, 2.45) is 12.8 Å². The van der Waals surface area contributed by atoms with Crippen LogP contribution in [0.3, 0.4) is 0 Å². The van der Waals surface area contributed by atoms with Gasteiger partial charge < -0.3 is 20.9 Å². The Balaban J connectivity index is 2.62. The minimum absolute atomic E-state index is 0.400. The summed E-state index contributed by atoms with van der Waals surface area (Å²) >= 11 is 0. The molecule has 1 rings (SSSR count). The first kappa shape index (κ1) is 16.1. The highest BCUT2D eigenvalue weighted by molar-refractivity contribution is 5.87. The van der Waals surface area contributed by atoms with Crippen molar-refractivity contribution in [1.29, 1.82) is 0 Å². The number of aromatic nitrogens is 2. The molecule has 2 unspecified atom stereocenters. The zero-order chi connectivity index (χ0) is 15.1. The molecule has 112 valence electrons. The third-order valence-electron chi connectivity index (χ3n) is 2.79. The van der Waals surface area contributed by atoms with Crippen LogP contribution >= 0.6 is 0 Å². The molecule has 0 bridgehead atoms. The minimum atomic E-state index is -1.16. The van der Waals surface area contributed by atoms with E-state index in [0.717, 1.165) is 0 Å². The Labute approximate surface area is 116 Å². The fourth-order valence-electron chi connectivity index (χ4n) is 1.70. The number of nitrogens with one attached hydrogen (secondary N) is 1. The van der Waals surface area contributed by atoms with Crippen molar-refractivity contribution in [3.8, 4) is 0 Å². The molecule has 0 spiro atoms. The highest BCUT2D eigenvalue weighted by Crippen LogP contribution is 2.12. The van der Waals surface area contributed by atoms with E-state index in [2.05, 4.69) is 10.4 Å². The number of amides is 1. The molecule has 20 heavy (non-hydrogen) atoms. The second-order valence-corrected chi connectivity index (χ2v) is 4.47. The Morgan fingerprint density at radius 2 is 2.30 bits per heavy atom. The summed E-state index contributed by atoms with van der Waals surface area (Å²) in [5.41, 5.74) is 6.11. The van der Waals surface area contributed by atoms with Crippen molar-refractivity contribution >= 4 is 11.9 Å². The molecule has 4 N–H and O–H groups in total. The Hall–Kier alpha value is -1.93. The first-order valence-corrected chi connectivity index (χ1v) is 6.22. The first-order chi connectivity index (χ1) is 9.45. The Kier molecular flexibility index (Phi) is 6.13. The second kappa shape index (κ2) is 7.61. The number of aliphatic carboxylic acids is 1. The van der Waals surface area contributed by atoms with Crippen LogP contribution in [-0.2, 0) is 21.4 Å². The summed E-state index contributed by atoms with van der Waals surface area (Å²) in [7, 11) is 3.23. The molecule has 8 nitrogen and oxygen atoms in total. The fraction of sp³-hybridized carbons (Fsp3) is 0.583. The van der Waals surface area contributed by atoms with Gasteiger partial charge in [-0.2, -0.15) is 5.10 Å². The lowest BCUT2D eigenvalue weighted by Gasteiger charge is -2.16. The Bertz CT molecular complexity index is 460. The minimum Gasteiger partial charge on any atom is -0.479 e. The van der Waals surface area contributed by atoms with Crippen molar-refractivity contribution in [1.82, 2.24) is 15.1 Å². The maximum absolute atomic E-state index is 11.9. The molecule has 8 heteroatoms. The quantitative estimate of drug-likeness (QED) is 0.549. The van der Waals surface area contributed by atoms with E-state index in [0.29, 0.717) is 25.0 Å². The average molecular weight is 284 g/mol. The number of methoxy groups -OCH3 is 1. The van der Waals surface area contributed by atoms with E-state index < -0.39 is 24.0 Å². The number of hydrogen-bond donors (Lipinski definition) is 3. The Morgan fingerprint density at radius 3 is 2.80 bits per heavy atom. The predicted octanol–water partition coefficient (Wildman–Crippen LogP) is -0.584. The molecular weight excluding hydrogens is 264 g/mol. The first-order valence-electron chi connectivity index (χ1n) is 6.22. The number of aryl methyl sites for hydroxylation is 1. The number of rotatable bonds is 8. The van der Waals surface area contributed by atoms with E-state index in [1.165, 1.54) is 17.1 Å². The maximum Gasteiger partial charge on any atom is 0.331 e. The average Bonchev–Trinajstić information content (AvgIpc) is 2.81. The summed E-state index contributed by atoms with van der Waals surface area (Å²) < 4.78 is 6.34. The van der Waals surface area contributed by atoms with Gasteiger partial charge in [0.2, 0.25) is 5.91 Å². The molecule has 0 aliphatic rings. The topological polar surface area (TPSA) is 119 Å². The molecule has 0 saturated heterocycles. The number of carbonyl (C=O) groups excluding carboxylic acids is 1. The molecule has 0 aliphatic heterocycles. The van der Waals surface area contributed by atoms with E-state index in [9.17, 15) is 9.59 Å². The van der Waals surface area contributed by atoms with Gasteiger partial charge in [0.05, 0.1) is 12.2 Å². The van der Waals surface area contributed by atoms with Gasteiger partial charge in [0.15, 0.2) is 6.04 Å². The maximum atomic E-state index is 11.9. The summed E-state index contributed by atoms with van der Waals surface area (Å²) in [5, 5.41) is 15.5. The summed E-state index contributed by atoms with van der Waals surface area (Å²) in [6, 6.07) is -1.91. The summed E-state index contributed by atoms with van der Waals surface area (Å²) in [4.78, 5) is 23.1. The standard InChI is InChI=1S/C12H20N4O4/c1-16-7-8(6-14-16)10(12(18)19)15-11(17)9(13)4-3-5-20-2/h6-7,9-10H,3-5,13H2,1-2H3,(H,15,17)(H,18,19). The predicted molar refractivity (Wildman–Crippen MR) is 70.8 cm³/mol. The van der Waals surface area contributed by atoms with Crippen LogP contribution in [0.1, 0.15) is 24.4 Å². The molecule has 1 aromatic heterocycles. The van der Waals surface area contributed by atoms with Crippen molar-refractivity contribution < 1.29 is 19.4 Å². The normalized spacial score (nSPS) is 13.8. The van der Waals surface area contributed by atoms with E-state index in [1.54, 1.807) is 14.2 Å². The van der Waals surface area contributed by atoms with Crippen molar-refractivity contribution in [3.63, 3.8) is 0 Å². The number of nitrogens with two attached hydrogens (primary N) is 1. The van der Waals surface area contributed by atoms with E-state index in [1.807, 2.05) is 0 Å². The molecule has 0 aliphatic carbocycles. The third-order valence-corrected chi connectivity index (χ3v) is 2.79. The highest BCUT2D eigenvalue weighted by Gasteiger charge is 2.25. The summed E-state index contributed by atoms with van der Waals surface area (Å²) in [6.45, 7) is 0.506. The molecule has 0 fully saturated rings. The summed E-state index contributed by atoms with van der Waals surface area (Å²) in [5.74, 6) is -1.66. The van der Waals surface area contributed by atoms with E-state index in [-0.39, 0.29) is 0 Å². The van der Waals surface area contributed by atoms with Crippen LogP contribution < -0.4 is 11.1 Å². The van der Waals surface area contributed by atoms with E-state index >= 15 is 0 Å². The number of hydrogen-bond acceptors (Lipinski definition) is 5. The third kappa shape index (κ3) is 4.63. The molecule has 0 aromatic carbocycles.